The van der Waals surface area contributed by atoms with Gasteiger partial charge >= 0.3 is 0 Å². The molecule has 0 saturated carbocycles. The number of benzene rings is 3. The topological polar surface area (TPSA) is 8.17 Å². The largest absolute Gasteiger partial charge is 0.347 e. The van der Waals surface area contributed by atoms with E-state index in [9.17, 15) is 0 Å². The van der Waals surface area contributed by atoms with Gasteiger partial charge in [0.15, 0.2) is 0 Å². The first-order valence-corrected chi connectivity index (χ1v) is 10.5. The molecule has 0 unspecified atom stereocenters. The fourth-order valence-electron chi connectivity index (χ4n) is 4.17. The van der Waals surface area contributed by atoms with Crippen molar-refractivity contribution in [3.05, 3.63) is 106 Å². The molecule has 3 aromatic carbocycles. The van der Waals surface area contributed by atoms with Crippen LogP contribution in [0.2, 0.25) is 5.02 Å². The summed E-state index contributed by atoms with van der Waals surface area (Å²) in [4.78, 5) is 2.54. The Morgan fingerprint density at radius 1 is 0.828 bits per heavy atom. The summed E-state index contributed by atoms with van der Waals surface area (Å²) >= 11 is 6.24. The van der Waals surface area contributed by atoms with Crippen molar-refractivity contribution in [2.45, 2.75) is 26.4 Å². The molecule has 0 fully saturated rings. The maximum Gasteiger partial charge on any atom is 0.0483 e. The second-order valence-electron chi connectivity index (χ2n) is 7.72. The molecule has 0 spiro atoms. The van der Waals surface area contributed by atoms with Gasteiger partial charge in [0, 0.05) is 54.7 Å². The standard InChI is InChI=1S/C26H27ClN2/c1-20-24-17-23(27)13-14-26(24)28(2)25(20)15-16-29(18-21-9-5-3-6-10-21)19-22-11-7-4-8-12-22/h3-14,17H,15-16,18-19H2,1-2H3. The average Bonchev–Trinajstić information content (AvgIpc) is 2.97. The lowest BCUT2D eigenvalue weighted by Gasteiger charge is -2.23. The Balaban J connectivity index is 1.57. The number of aryl methyl sites for hydroxylation is 2. The fraction of sp³-hybridized carbons (Fsp3) is 0.231. The fourth-order valence-corrected chi connectivity index (χ4v) is 4.34. The lowest BCUT2D eigenvalue weighted by Crippen LogP contribution is -2.26. The van der Waals surface area contributed by atoms with Gasteiger partial charge in [0.25, 0.3) is 0 Å². The van der Waals surface area contributed by atoms with E-state index in [1.54, 1.807) is 0 Å². The number of nitrogens with zero attached hydrogens (tertiary/aromatic N) is 2. The molecule has 0 aliphatic carbocycles. The van der Waals surface area contributed by atoms with Crippen molar-refractivity contribution in [2.75, 3.05) is 6.54 Å². The molecule has 0 radical (unpaired) electrons. The maximum absolute atomic E-state index is 6.24. The van der Waals surface area contributed by atoms with Crippen LogP contribution in [0.4, 0.5) is 0 Å². The summed E-state index contributed by atoms with van der Waals surface area (Å²) in [5.41, 5.74) is 6.67. The smallest absolute Gasteiger partial charge is 0.0483 e. The van der Waals surface area contributed by atoms with Crippen molar-refractivity contribution < 1.29 is 0 Å². The first-order valence-electron chi connectivity index (χ1n) is 10.2. The zero-order valence-electron chi connectivity index (χ0n) is 17.1. The van der Waals surface area contributed by atoms with E-state index < -0.39 is 0 Å². The van der Waals surface area contributed by atoms with Crippen LogP contribution >= 0.6 is 11.6 Å². The molecular weight excluding hydrogens is 376 g/mol. The van der Waals surface area contributed by atoms with Crippen LogP contribution in [0, 0.1) is 6.92 Å². The number of aromatic nitrogens is 1. The van der Waals surface area contributed by atoms with Crippen LogP contribution in [0.5, 0.6) is 0 Å². The van der Waals surface area contributed by atoms with Gasteiger partial charge in [-0.15, -0.1) is 0 Å². The lowest BCUT2D eigenvalue weighted by molar-refractivity contribution is 0.258. The van der Waals surface area contributed by atoms with Crippen molar-refractivity contribution in [3.8, 4) is 0 Å². The second-order valence-corrected chi connectivity index (χ2v) is 8.16. The summed E-state index contributed by atoms with van der Waals surface area (Å²) in [6.45, 7) is 5.12. The minimum Gasteiger partial charge on any atom is -0.347 e. The average molecular weight is 403 g/mol. The molecule has 0 atom stereocenters. The predicted octanol–water partition coefficient (Wildman–Crippen LogP) is 6.39. The summed E-state index contributed by atoms with van der Waals surface area (Å²) in [5.74, 6) is 0. The van der Waals surface area contributed by atoms with Crippen LogP contribution in [0.1, 0.15) is 22.4 Å². The number of rotatable bonds is 7. The highest BCUT2D eigenvalue weighted by Crippen LogP contribution is 2.28. The molecule has 0 N–H and O–H groups in total. The van der Waals surface area contributed by atoms with E-state index in [2.05, 4.69) is 96.2 Å². The van der Waals surface area contributed by atoms with Gasteiger partial charge in [0.05, 0.1) is 0 Å². The highest BCUT2D eigenvalue weighted by atomic mass is 35.5. The van der Waals surface area contributed by atoms with Gasteiger partial charge in [-0.1, -0.05) is 72.3 Å². The molecule has 1 aromatic heterocycles. The normalized spacial score (nSPS) is 11.4. The van der Waals surface area contributed by atoms with Crippen LogP contribution in [-0.2, 0) is 26.6 Å². The third-order valence-electron chi connectivity index (χ3n) is 5.72. The molecule has 3 heteroatoms. The van der Waals surface area contributed by atoms with Crippen LogP contribution in [-0.4, -0.2) is 16.0 Å². The van der Waals surface area contributed by atoms with Crippen LogP contribution in [0.3, 0.4) is 0 Å². The number of hydrogen-bond acceptors (Lipinski definition) is 1. The van der Waals surface area contributed by atoms with Gasteiger partial charge < -0.3 is 4.57 Å². The number of fused-ring (bicyclic) bond motifs is 1. The Kier molecular flexibility index (Phi) is 6.03. The van der Waals surface area contributed by atoms with Crippen LogP contribution < -0.4 is 0 Å². The van der Waals surface area contributed by atoms with E-state index in [4.69, 9.17) is 11.6 Å². The lowest BCUT2D eigenvalue weighted by atomic mass is 10.1. The summed E-state index contributed by atoms with van der Waals surface area (Å²) in [5, 5.41) is 2.06. The number of halogens is 1. The van der Waals surface area contributed by atoms with E-state index >= 15 is 0 Å². The van der Waals surface area contributed by atoms with Crippen molar-refractivity contribution >= 4 is 22.5 Å². The molecular formula is C26H27ClN2. The van der Waals surface area contributed by atoms with E-state index in [1.165, 1.54) is 33.3 Å². The third-order valence-corrected chi connectivity index (χ3v) is 5.96. The van der Waals surface area contributed by atoms with Gasteiger partial charge in [-0.05, 0) is 41.8 Å². The molecule has 148 valence electrons. The zero-order valence-corrected chi connectivity index (χ0v) is 17.9. The molecule has 0 aliphatic heterocycles. The molecule has 1 heterocycles. The first-order chi connectivity index (χ1) is 14.1. The molecule has 4 rings (SSSR count). The highest BCUT2D eigenvalue weighted by molar-refractivity contribution is 6.31. The van der Waals surface area contributed by atoms with E-state index in [0.29, 0.717) is 0 Å². The highest BCUT2D eigenvalue weighted by Gasteiger charge is 2.14. The third kappa shape index (κ3) is 4.55. The Bertz CT molecular complexity index is 1040. The minimum atomic E-state index is 0.799. The molecule has 0 amide bonds. The van der Waals surface area contributed by atoms with E-state index in [-0.39, 0.29) is 0 Å². The molecule has 29 heavy (non-hydrogen) atoms. The molecule has 2 nitrogen and oxygen atoms in total. The quantitative estimate of drug-likeness (QED) is 0.348. The Morgan fingerprint density at radius 3 is 2.00 bits per heavy atom. The van der Waals surface area contributed by atoms with E-state index in [0.717, 1.165) is 31.1 Å². The van der Waals surface area contributed by atoms with E-state index in [1.807, 2.05) is 6.07 Å². The Morgan fingerprint density at radius 2 is 1.41 bits per heavy atom. The number of hydrogen-bond donors (Lipinski definition) is 0. The molecule has 0 aliphatic rings. The summed E-state index contributed by atoms with van der Waals surface area (Å²) in [7, 11) is 2.16. The van der Waals surface area contributed by atoms with Gasteiger partial charge in [-0.2, -0.15) is 0 Å². The maximum atomic E-state index is 6.24. The van der Waals surface area contributed by atoms with Crippen LogP contribution in [0.15, 0.2) is 78.9 Å². The summed E-state index contributed by atoms with van der Waals surface area (Å²) in [6.07, 6.45) is 1.01. The van der Waals surface area contributed by atoms with Crippen LogP contribution in [0.25, 0.3) is 10.9 Å². The molecule has 0 bridgehead atoms. The first kappa shape index (κ1) is 19.8. The van der Waals surface area contributed by atoms with Gasteiger partial charge in [-0.3, -0.25) is 4.90 Å². The molecule has 0 saturated heterocycles. The second kappa shape index (κ2) is 8.86. The summed E-state index contributed by atoms with van der Waals surface area (Å²) < 4.78 is 2.32. The monoisotopic (exact) mass is 402 g/mol. The summed E-state index contributed by atoms with van der Waals surface area (Å²) in [6, 6.07) is 27.7. The Labute approximate surface area is 178 Å². The minimum absolute atomic E-state index is 0.799. The zero-order chi connectivity index (χ0) is 20.2. The van der Waals surface area contributed by atoms with Crippen molar-refractivity contribution in [2.24, 2.45) is 7.05 Å². The predicted molar refractivity (Wildman–Crippen MR) is 123 cm³/mol. The van der Waals surface area contributed by atoms with Gasteiger partial charge in [0.2, 0.25) is 0 Å². The Hall–Kier alpha value is -2.55. The van der Waals surface area contributed by atoms with Crippen molar-refractivity contribution in [3.63, 3.8) is 0 Å². The molecule has 4 aromatic rings. The van der Waals surface area contributed by atoms with Gasteiger partial charge in [-0.25, -0.2) is 0 Å². The SMILES string of the molecule is Cc1c(CCN(Cc2ccccc2)Cc2ccccc2)n(C)c2ccc(Cl)cc12. The van der Waals surface area contributed by atoms with Crippen molar-refractivity contribution in [1.29, 1.82) is 0 Å². The van der Waals surface area contributed by atoms with Crippen molar-refractivity contribution in [1.82, 2.24) is 9.47 Å². The van der Waals surface area contributed by atoms with Gasteiger partial charge in [0.1, 0.15) is 0 Å².